The fourth-order valence-corrected chi connectivity index (χ4v) is 2.63. The SMILES string of the molecule is OCC=Cc1ccc(-c2nc3ccccc3s2)o1. The minimum absolute atomic E-state index is 0.0111. The summed E-state index contributed by atoms with van der Waals surface area (Å²) in [6, 6.07) is 11.8. The van der Waals surface area contributed by atoms with Crippen LogP contribution in [0.2, 0.25) is 0 Å². The van der Waals surface area contributed by atoms with E-state index in [0.29, 0.717) is 0 Å². The van der Waals surface area contributed by atoms with Gasteiger partial charge in [0.15, 0.2) is 10.8 Å². The van der Waals surface area contributed by atoms with Crippen molar-refractivity contribution in [1.29, 1.82) is 0 Å². The number of hydrogen-bond donors (Lipinski definition) is 1. The maximum Gasteiger partial charge on any atom is 0.163 e. The van der Waals surface area contributed by atoms with Crippen LogP contribution in [0.25, 0.3) is 27.1 Å². The monoisotopic (exact) mass is 257 g/mol. The summed E-state index contributed by atoms with van der Waals surface area (Å²) >= 11 is 1.61. The van der Waals surface area contributed by atoms with Crippen molar-refractivity contribution in [3.63, 3.8) is 0 Å². The lowest BCUT2D eigenvalue weighted by Crippen LogP contribution is -1.71. The molecule has 0 bridgehead atoms. The standard InChI is InChI=1S/C14H11NO2S/c16-9-3-4-10-7-8-12(17-10)14-15-11-5-1-2-6-13(11)18-14/h1-8,16H,9H2. The van der Waals surface area contributed by atoms with Gasteiger partial charge < -0.3 is 9.52 Å². The van der Waals surface area contributed by atoms with Crippen LogP contribution >= 0.6 is 11.3 Å². The first-order chi connectivity index (χ1) is 8.86. The fraction of sp³-hybridized carbons (Fsp3) is 0.0714. The number of thiazole rings is 1. The smallest absolute Gasteiger partial charge is 0.163 e. The van der Waals surface area contributed by atoms with Crippen LogP contribution in [0.15, 0.2) is 46.9 Å². The molecule has 2 heterocycles. The largest absolute Gasteiger partial charge is 0.454 e. The molecule has 1 aromatic carbocycles. The van der Waals surface area contributed by atoms with E-state index in [1.165, 1.54) is 0 Å². The average molecular weight is 257 g/mol. The molecule has 2 aromatic heterocycles. The third kappa shape index (κ3) is 2.08. The van der Waals surface area contributed by atoms with Crippen LogP contribution in [-0.4, -0.2) is 16.7 Å². The maximum absolute atomic E-state index is 8.71. The molecule has 0 amide bonds. The van der Waals surface area contributed by atoms with E-state index in [2.05, 4.69) is 4.98 Å². The van der Waals surface area contributed by atoms with Crippen molar-refractivity contribution in [3.8, 4) is 10.8 Å². The molecule has 0 fully saturated rings. The van der Waals surface area contributed by atoms with Crippen molar-refractivity contribution in [3.05, 3.63) is 48.2 Å². The number of para-hydroxylation sites is 1. The second kappa shape index (κ2) is 4.76. The molecule has 0 aliphatic carbocycles. The first-order valence-electron chi connectivity index (χ1n) is 5.60. The predicted octanol–water partition coefficient (Wildman–Crippen LogP) is 3.56. The van der Waals surface area contributed by atoms with Gasteiger partial charge in [-0.1, -0.05) is 18.2 Å². The van der Waals surface area contributed by atoms with Gasteiger partial charge in [0.25, 0.3) is 0 Å². The number of aromatic nitrogens is 1. The molecule has 1 N–H and O–H groups in total. The van der Waals surface area contributed by atoms with Crippen molar-refractivity contribution < 1.29 is 9.52 Å². The number of rotatable bonds is 3. The molecular weight excluding hydrogens is 246 g/mol. The summed E-state index contributed by atoms with van der Waals surface area (Å²) in [7, 11) is 0. The maximum atomic E-state index is 8.71. The quantitative estimate of drug-likeness (QED) is 0.780. The van der Waals surface area contributed by atoms with Crippen molar-refractivity contribution >= 4 is 27.6 Å². The Labute approximate surface area is 108 Å². The number of aliphatic hydroxyl groups excluding tert-OH is 1. The van der Waals surface area contributed by atoms with Gasteiger partial charge in [-0.15, -0.1) is 11.3 Å². The van der Waals surface area contributed by atoms with E-state index in [1.807, 2.05) is 36.4 Å². The van der Waals surface area contributed by atoms with E-state index in [0.717, 1.165) is 26.7 Å². The molecule has 3 rings (SSSR count). The molecule has 0 saturated heterocycles. The second-order valence-electron chi connectivity index (χ2n) is 3.77. The Balaban J connectivity index is 1.98. The summed E-state index contributed by atoms with van der Waals surface area (Å²) in [5, 5.41) is 9.58. The molecule has 3 aromatic rings. The van der Waals surface area contributed by atoms with Gasteiger partial charge in [0.05, 0.1) is 16.8 Å². The highest BCUT2D eigenvalue weighted by Gasteiger charge is 2.09. The van der Waals surface area contributed by atoms with Crippen LogP contribution < -0.4 is 0 Å². The summed E-state index contributed by atoms with van der Waals surface area (Å²) in [6.45, 7) is 0.0111. The molecule has 0 spiro atoms. The molecule has 0 aliphatic heterocycles. The highest BCUT2D eigenvalue weighted by molar-refractivity contribution is 7.21. The van der Waals surface area contributed by atoms with E-state index >= 15 is 0 Å². The number of fused-ring (bicyclic) bond motifs is 1. The molecule has 0 atom stereocenters. The number of aliphatic hydroxyl groups is 1. The lowest BCUT2D eigenvalue weighted by atomic mass is 10.3. The Kier molecular flexibility index (Phi) is 2.96. The van der Waals surface area contributed by atoms with Crippen LogP contribution in [0.4, 0.5) is 0 Å². The van der Waals surface area contributed by atoms with Crippen molar-refractivity contribution in [1.82, 2.24) is 4.98 Å². The molecule has 0 radical (unpaired) electrons. The highest BCUT2D eigenvalue weighted by atomic mass is 32.1. The molecule has 3 nitrogen and oxygen atoms in total. The Bertz CT molecular complexity index is 663. The number of furan rings is 1. The Morgan fingerprint density at radius 3 is 2.94 bits per heavy atom. The van der Waals surface area contributed by atoms with Gasteiger partial charge in [-0.3, -0.25) is 0 Å². The van der Waals surface area contributed by atoms with Crippen LogP contribution in [0.3, 0.4) is 0 Å². The highest BCUT2D eigenvalue weighted by Crippen LogP contribution is 2.31. The molecule has 4 heteroatoms. The Hall–Kier alpha value is -1.91. The summed E-state index contributed by atoms with van der Waals surface area (Å²) in [5.74, 6) is 1.48. The van der Waals surface area contributed by atoms with Crippen LogP contribution in [0.5, 0.6) is 0 Å². The van der Waals surface area contributed by atoms with E-state index < -0.39 is 0 Å². The first-order valence-corrected chi connectivity index (χ1v) is 6.41. The average Bonchev–Trinajstić information content (AvgIpc) is 3.02. The normalized spacial score (nSPS) is 11.6. The Morgan fingerprint density at radius 1 is 1.22 bits per heavy atom. The number of benzene rings is 1. The first kappa shape index (κ1) is 11.2. The van der Waals surface area contributed by atoms with Crippen molar-refractivity contribution in [2.24, 2.45) is 0 Å². The number of nitrogens with zero attached hydrogens (tertiary/aromatic N) is 1. The van der Waals surface area contributed by atoms with Crippen molar-refractivity contribution in [2.45, 2.75) is 0 Å². The predicted molar refractivity (Wildman–Crippen MR) is 73.4 cm³/mol. The lowest BCUT2D eigenvalue weighted by Gasteiger charge is -1.87. The fourth-order valence-electron chi connectivity index (χ4n) is 1.70. The summed E-state index contributed by atoms with van der Waals surface area (Å²) < 4.78 is 6.80. The molecule has 0 saturated carbocycles. The lowest BCUT2D eigenvalue weighted by molar-refractivity contribution is 0.343. The van der Waals surface area contributed by atoms with Crippen LogP contribution in [0.1, 0.15) is 5.76 Å². The van der Waals surface area contributed by atoms with Gasteiger partial charge in [0.1, 0.15) is 5.76 Å². The van der Waals surface area contributed by atoms with Crippen LogP contribution in [-0.2, 0) is 0 Å². The van der Waals surface area contributed by atoms with Gasteiger partial charge in [0, 0.05) is 0 Å². The zero-order chi connectivity index (χ0) is 12.4. The minimum atomic E-state index is 0.0111. The third-order valence-corrected chi connectivity index (χ3v) is 3.57. The zero-order valence-corrected chi connectivity index (χ0v) is 10.4. The van der Waals surface area contributed by atoms with Gasteiger partial charge >= 0.3 is 0 Å². The molecule has 0 aliphatic rings. The zero-order valence-electron chi connectivity index (χ0n) is 9.54. The summed E-state index contributed by atoms with van der Waals surface area (Å²) in [6.07, 6.45) is 3.39. The molecule has 90 valence electrons. The topological polar surface area (TPSA) is 46.3 Å². The van der Waals surface area contributed by atoms with E-state index in [4.69, 9.17) is 9.52 Å². The van der Waals surface area contributed by atoms with Gasteiger partial charge in [-0.05, 0) is 30.3 Å². The van der Waals surface area contributed by atoms with Gasteiger partial charge in [0.2, 0.25) is 0 Å². The van der Waals surface area contributed by atoms with Crippen molar-refractivity contribution in [2.75, 3.05) is 6.61 Å². The number of hydrogen-bond acceptors (Lipinski definition) is 4. The van der Waals surface area contributed by atoms with E-state index in [1.54, 1.807) is 23.5 Å². The minimum Gasteiger partial charge on any atom is -0.454 e. The summed E-state index contributed by atoms with van der Waals surface area (Å²) in [5.41, 5.74) is 0.987. The van der Waals surface area contributed by atoms with Gasteiger partial charge in [-0.2, -0.15) is 0 Å². The van der Waals surface area contributed by atoms with Crippen LogP contribution in [0, 0.1) is 0 Å². The summed E-state index contributed by atoms with van der Waals surface area (Å²) in [4.78, 5) is 4.53. The molecular formula is C14H11NO2S. The third-order valence-electron chi connectivity index (χ3n) is 2.52. The van der Waals surface area contributed by atoms with Gasteiger partial charge in [-0.25, -0.2) is 4.98 Å². The molecule has 0 unspecified atom stereocenters. The molecule has 18 heavy (non-hydrogen) atoms. The Morgan fingerprint density at radius 2 is 2.11 bits per heavy atom. The van der Waals surface area contributed by atoms with E-state index in [-0.39, 0.29) is 6.61 Å². The second-order valence-corrected chi connectivity index (χ2v) is 4.80. The van der Waals surface area contributed by atoms with E-state index in [9.17, 15) is 0 Å².